The maximum Gasteiger partial charge on any atom is 0.313 e. The number of hydrogen-bond donors (Lipinski definition) is 3. The van der Waals surface area contributed by atoms with Gasteiger partial charge in [0.15, 0.2) is 0 Å². The number of anilines is 1. The smallest absolute Gasteiger partial charge is 0.313 e. The molecule has 9 nitrogen and oxygen atoms in total. The van der Waals surface area contributed by atoms with Crippen molar-refractivity contribution in [3.63, 3.8) is 0 Å². The number of hydrogen-bond acceptors (Lipinski definition) is 5. The first kappa shape index (κ1) is 20.5. The molecule has 4 rings (SSSR count). The van der Waals surface area contributed by atoms with Crippen LogP contribution in [-0.4, -0.2) is 40.1 Å². The molecule has 9 heteroatoms. The van der Waals surface area contributed by atoms with Gasteiger partial charge in [-0.05, 0) is 42.0 Å². The van der Waals surface area contributed by atoms with E-state index in [1.165, 1.54) is 18.5 Å². The Hall–Kier alpha value is -3.75. The molecule has 2 aliphatic heterocycles. The first-order chi connectivity index (χ1) is 14.8. The fraction of sp³-hybridized carbons (Fsp3) is 0.318. The van der Waals surface area contributed by atoms with Gasteiger partial charge in [-0.1, -0.05) is 19.1 Å². The number of nitrogens with two attached hydrogens (primary N) is 1. The molecule has 0 spiro atoms. The van der Waals surface area contributed by atoms with Crippen LogP contribution < -0.4 is 16.4 Å². The van der Waals surface area contributed by atoms with Crippen LogP contribution in [0.2, 0.25) is 0 Å². The van der Waals surface area contributed by atoms with E-state index in [1.54, 1.807) is 11.0 Å². The number of rotatable bonds is 3. The summed E-state index contributed by atoms with van der Waals surface area (Å²) < 4.78 is 0. The molecule has 1 fully saturated rings. The quantitative estimate of drug-likeness (QED) is 0.643. The minimum atomic E-state index is -0.805. The summed E-state index contributed by atoms with van der Waals surface area (Å²) in [6.45, 7) is 2.95. The first-order valence-corrected chi connectivity index (χ1v) is 10.1. The van der Waals surface area contributed by atoms with E-state index in [4.69, 9.17) is 5.73 Å². The molecule has 4 N–H and O–H groups in total. The predicted molar refractivity (Wildman–Crippen MR) is 112 cm³/mol. The lowest BCUT2D eigenvalue weighted by atomic mass is 9.88. The summed E-state index contributed by atoms with van der Waals surface area (Å²) in [5.41, 5.74) is 8.04. The van der Waals surface area contributed by atoms with Gasteiger partial charge >= 0.3 is 11.8 Å². The van der Waals surface area contributed by atoms with Gasteiger partial charge in [0.25, 0.3) is 5.91 Å². The number of primary amides is 1. The van der Waals surface area contributed by atoms with Gasteiger partial charge < -0.3 is 21.3 Å². The third-order valence-corrected chi connectivity index (χ3v) is 5.75. The number of benzene rings is 1. The van der Waals surface area contributed by atoms with Crippen LogP contribution in [0, 0.1) is 5.92 Å². The molecule has 0 saturated carbocycles. The molecule has 160 valence electrons. The molecule has 3 heterocycles. The molecular formula is C22H23N5O4. The van der Waals surface area contributed by atoms with Crippen molar-refractivity contribution in [2.75, 3.05) is 11.9 Å². The number of fused-ring (bicyclic) bond motifs is 1. The summed E-state index contributed by atoms with van der Waals surface area (Å²) in [6.07, 6.45) is 4.28. The van der Waals surface area contributed by atoms with Gasteiger partial charge in [-0.25, -0.2) is 0 Å². The Morgan fingerprint density at radius 1 is 1.19 bits per heavy atom. The SMILES string of the molecule is CC1CCC(c2ccc3c(c2)CNC3=O)N(C(=O)C(=O)Nc2cncc(C(N)=O)c2)C1. The zero-order valence-electron chi connectivity index (χ0n) is 17.1. The molecule has 1 saturated heterocycles. The summed E-state index contributed by atoms with van der Waals surface area (Å²) in [6, 6.07) is 6.68. The van der Waals surface area contributed by atoms with Gasteiger partial charge in [0.1, 0.15) is 0 Å². The van der Waals surface area contributed by atoms with E-state index in [1.807, 2.05) is 19.1 Å². The summed E-state index contributed by atoms with van der Waals surface area (Å²) >= 11 is 0. The standard InChI is InChI=1S/C22H23N5O4/c1-12-2-5-18(13-3-4-17-14(6-13)9-25-20(17)29)27(11-12)22(31)21(30)26-16-7-15(19(23)28)8-24-10-16/h3-4,6-8,10,12,18H,2,5,9,11H2,1H3,(H2,23,28)(H,25,29)(H,26,30). The highest BCUT2D eigenvalue weighted by atomic mass is 16.2. The third kappa shape index (κ3) is 4.11. The van der Waals surface area contributed by atoms with Crippen molar-refractivity contribution >= 4 is 29.3 Å². The number of carbonyl (C=O) groups is 4. The van der Waals surface area contributed by atoms with E-state index < -0.39 is 17.7 Å². The molecule has 0 radical (unpaired) electrons. The van der Waals surface area contributed by atoms with E-state index >= 15 is 0 Å². The van der Waals surface area contributed by atoms with Crippen molar-refractivity contribution in [2.24, 2.45) is 11.7 Å². The van der Waals surface area contributed by atoms with Crippen molar-refractivity contribution in [3.8, 4) is 0 Å². The van der Waals surface area contributed by atoms with Gasteiger partial charge in [0.05, 0.1) is 23.5 Å². The molecule has 1 aromatic heterocycles. The monoisotopic (exact) mass is 421 g/mol. The number of carbonyl (C=O) groups excluding carboxylic acids is 4. The van der Waals surface area contributed by atoms with E-state index in [0.29, 0.717) is 18.7 Å². The largest absolute Gasteiger partial charge is 0.366 e. The van der Waals surface area contributed by atoms with Crippen molar-refractivity contribution in [2.45, 2.75) is 32.4 Å². The van der Waals surface area contributed by atoms with Crippen molar-refractivity contribution < 1.29 is 19.2 Å². The van der Waals surface area contributed by atoms with Crippen LogP contribution in [0.1, 0.15) is 57.7 Å². The second-order valence-corrected chi connectivity index (χ2v) is 8.04. The number of aromatic nitrogens is 1. The van der Waals surface area contributed by atoms with E-state index in [-0.39, 0.29) is 29.1 Å². The van der Waals surface area contributed by atoms with Gasteiger partial charge in [0.2, 0.25) is 5.91 Å². The zero-order chi connectivity index (χ0) is 22.1. The number of amides is 4. The molecule has 31 heavy (non-hydrogen) atoms. The van der Waals surface area contributed by atoms with Crippen LogP contribution in [0.25, 0.3) is 0 Å². The summed E-state index contributed by atoms with van der Waals surface area (Å²) in [5, 5.41) is 5.31. The van der Waals surface area contributed by atoms with E-state index in [9.17, 15) is 19.2 Å². The molecule has 4 amide bonds. The molecule has 2 unspecified atom stereocenters. The molecule has 2 aliphatic rings. The Morgan fingerprint density at radius 2 is 2.00 bits per heavy atom. The van der Waals surface area contributed by atoms with E-state index in [0.717, 1.165) is 24.0 Å². The van der Waals surface area contributed by atoms with Crippen LogP contribution in [0.4, 0.5) is 5.69 Å². The number of nitrogens with zero attached hydrogens (tertiary/aromatic N) is 2. The van der Waals surface area contributed by atoms with Crippen LogP contribution in [0.5, 0.6) is 0 Å². The Balaban J connectivity index is 1.56. The minimum absolute atomic E-state index is 0.0991. The van der Waals surface area contributed by atoms with Gasteiger partial charge in [-0.3, -0.25) is 24.2 Å². The Labute approximate surface area is 179 Å². The normalized spacial score (nSPS) is 20.0. The average Bonchev–Trinajstić information content (AvgIpc) is 3.13. The Bertz CT molecular complexity index is 1080. The van der Waals surface area contributed by atoms with Crippen LogP contribution in [0.15, 0.2) is 36.7 Å². The Morgan fingerprint density at radius 3 is 2.77 bits per heavy atom. The fourth-order valence-corrected chi connectivity index (χ4v) is 4.14. The predicted octanol–water partition coefficient (Wildman–Crippen LogP) is 1.36. The maximum absolute atomic E-state index is 13.1. The van der Waals surface area contributed by atoms with Crippen LogP contribution in [0.3, 0.4) is 0 Å². The fourth-order valence-electron chi connectivity index (χ4n) is 4.14. The Kier molecular flexibility index (Phi) is 5.41. The van der Waals surface area contributed by atoms with E-state index in [2.05, 4.69) is 15.6 Å². The average molecular weight is 421 g/mol. The summed E-state index contributed by atoms with van der Waals surface area (Å²) in [5.74, 6) is -1.98. The van der Waals surface area contributed by atoms with Crippen molar-refractivity contribution in [3.05, 3.63) is 58.9 Å². The summed E-state index contributed by atoms with van der Waals surface area (Å²) in [7, 11) is 0. The lowest BCUT2D eigenvalue weighted by Gasteiger charge is -2.38. The van der Waals surface area contributed by atoms with Crippen LogP contribution in [-0.2, 0) is 16.1 Å². The highest BCUT2D eigenvalue weighted by Crippen LogP contribution is 2.35. The lowest BCUT2D eigenvalue weighted by Crippen LogP contribution is -2.46. The number of pyridine rings is 1. The van der Waals surface area contributed by atoms with Gasteiger partial charge in [-0.15, -0.1) is 0 Å². The van der Waals surface area contributed by atoms with Gasteiger partial charge in [0, 0.05) is 24.8 Å². The highest BCUT2D eigenvalue weighted by Gasteiger charge is 2.35. The highest BCUT2D eigenvalue weighted by molar-refractivity contribution is 6.39. The topological polar surface area (TPSA) is 134 Å². The zero-order valence-corrected chi connectivity index (χ0v) is 17.1. The lowest BCUT2D eigenvalue weighted by molar-refractivity contribution is -0.146. The third-order valence-electron chi connectivity index (χ3n) is 5.75. The number of likely N-dealkylation sites (tertiary alicyclic amines) is 1. The minimum Gasteiger partial charge on any atom is -0.366 e. The van der Waals surface area contributed by atoms with Crippen molar-refractivity contribution in [1.82, 2.24) is 15.2 Å². The second-order valence-electron chi connectivity index (χ2n) is 8.04. The molecule has 0 bridgehead atoms. The van der Waals surface area contributed by atoms with Crippen molar-refractivity contribution in [1.29, 1.82) is 0 Å². The second kappa shape index (κ2) is 8.17. The summed E-state index contributed by atoms with van der Waals surface area (Å²) in [4.78, 5) is 54.4. The molecule has 1 aromatic carbocycles. The van der Waals surface area contributed by atoms with Crippen LogP contribution >= 0.6 is 0 Å². The molecule has 0 aliphatic carbocycles. The number of piperidine rings is 1. The first-order valence-electron chi connectivity index (χ1n) is 10.1. The number of nitrogens with one attached hydrogen (secondary N) is 2. The maximum atomic E-state index is 13.1. The molecule has 2 aromatic rings. The molecular weight excluding hydrogens is 398 g/mol. The van der Waals surface area contributed by atoms with Gasteiger partial charge in [-0.2, -0.15) is 0 Å². The molecule has 2 atom stereocenters.